The van der Waals surface area contributed by atoms with Gasteiger partial charge < -0.3 is 9.47 Å². The van der Waals surface area contributed by atoms with Crippen LogP contribution in [-0.2, 0) is 5.41 Å². The number of benzene rings is 7. The Balaban J connectivity index is 1.29. The molecule has 1 heterocycles. The Morgan fingerprint density at radius 1 is 0.451 bits per heavy atom. The molecule has 0 saturated heterocycles. The predicted octanol–water partition coefficient (Wildman–Crippen LogP) is 13.5. The molecule has 0 aliphatic heterocycles. The predicted molar refractivity (Wildman–Crippen MR) is 217 cm³/mol. The molecule has 0 amide bonds. The molecule has 0 spiro atoms. The highest BCUT2D eigenvalue weighted by molar-refractivity contribution is 6.12. The quantitative estimate of drug-likeness (QED) is 0.179. The number of aryl methyl sites for hydroxylation is 4. The maximum atomic E-state index is 2.50. The molecule has 51 heavy (non-hydrogen) atoms. The van der Waals surface area contributed by atoms with Crippen LogP contribution in [-0.4, -0.2) is 4.57 Å². The summed E-state index contributed by atoms with van der Waals surface area (Å²) in [5, 5.41) is 2.53. The number of fused-ring (bicyclic) bond motifs is 6. The Morgan fingerprint density at radius 2 is 1.02 bits per heavy atom. The Labute approximate surface area is 301 Å². The van der Waals surface area contributed by atoms with Crippen molar-refractivity contribution in [3.05, 3.63) is 179 Å². The van der Waals surface area contributed by atoms with E-state index in [4.69, 9.17) is 0 Å². The zero-order chi connectivity index (χ0) is 35.0. The van der Waals surface area contributed by atoms with Gasteiger partial charge in [-0.2, -0.15) is 0 Å². The number of aromatic nitrogens is 1. The molecular formula is C49H42N2. The molecule has 0 fully saturated rings. The van der Waals surface area contributed by atoms with Gasteiger partial charge in [0.2, 0.25) is 0 Å². The maximum Gasteiger partial charge on any atom is 0.0547 e. The molecule has 0 radical (unpaired) electrons. The molecule has 2 nitrogen and oxygen atoms in total. The Kier molecular flexibility index (Phi) is 7.09. The standard InChI is InChI=1S/C49H42N2/c1-31-11-18-36(19-12-31)50(37-20-13-32(2)14-21-37)39-24-26-47-43(28-39)44-29-46-42(30-48(44)51(47)38-22-15-33(3)16-23-38)41-25-17-35(27-45(41)49(46,5)6)40-10-8-7-9-34(40)4/h7-30H,1-6H3. The van der Waals surface area contributed by atoms with Crippen LogP contribution in [0.2, 0.25) is 0 Å². The third kappa shape index (κ3) is 5.01. The number of rotatable bonds is 5. The topological polar surface area (TPSA) is 8.17 Å². The minimum Gasteiger partial charge on any atom is -0.310 e. The van der Waals surface area contributed by atoms with E-state index in [1.807, 2.05) is 0 Å². The van der Waals surface area contributed by atoms with Gasteiger partial charge in [0.25, 0.3) is 0 Å². The summed E-state index contributed by atoms with van der Waals surface area (Å²) in [6.45, 7) is 13.4. The van der Waals surface area contributed by atoms with Crippen molar-refractivity contribution in [2.75, 3.05) is 4.90 Å². The summed E-state index contributed by atoms with van der Waals surface area (Å²) < 4.78 is 2.46. The number of anilines is 3. The van der Waals surface area contributed by atoms with E-state index in [0.717, 1.165) is 17.1 Å². The molecule has 7 aromatic carbocycles. The van der Waals surface area contributed by atoms with Crippen LogP contribution in [0.15, 0.2) is 146 Å². The van der Waals surface area contributed by atoms with E-state index in [2.05, 4.69) is 197 Å². The van der Waals surface area contributed by atoms with Gasteiger partial charge in [-0.15, -0.1) is 0 Å². The second-order valence-electron chi connectivity index (χ2n) is 15.0. The van der Waals surface area contributed by atoms with Crippen LogP contribution in [0.3, 0.4) is 0 Å². The molecule has 0 unspecified atom stereocenters. The Hall–Kier alpha value is -5.86. The van der Waals surface area contributed by atoms with Crippen LogP contribution in [0, 0.1) is 27.7 Å². The van der Waals surface area contributed by atoms with Crippen LogP contribution >= 0.6 is 0 Å². The highest BCUT2D eigenvalue weighted by Crippen LogP contribution is 2.52. The largest absolute Gasteiger partial charge is 0.310 e. The zero-order valence-electron chi connectivity index (χ0n) is 30.3. The fourth-order valence-corrected chi connectivity index (χ4v) is 8.25. The molecule has 9 rings (SSSR count). The number of hydrogen-bond donors (Lipinski definition) is 0. The summed E-state index contributed by atoms with van der Waals surface area (Å²) in [4.78, 5) is 2.38. The van der Waals surface area contributed by atoms with Crippen molar-refractivity contribution in [1.29, 1.82) is 0 Å². The van der Waals surface area contributed by atoms with Gasteiger partial charge in [0.15, 0.2) is 0 Å². The summed E-state index contributed by atoms with van der Waals surface area (Å²) in [6, 6.07) is 54.4. The summed E-state index contributed by atoms with van der Waals surface area (Å²) >= 11 is 0. The molecule has 0 bridgehead atoms. The molecular weight excluding hydrogens is 617 g/mol. The summed E-state index contributed by atoms with van der Waals surface area (Å²) in [7, 11) is 0. The third-order valence-corrected chi connectivity index (χ3v) is 11.1. The first kappa shape index (κ1) is 31.1. The molecule has 1 aliphatic rings. The fraction of sp³-hybridized carbons (Fsp3) is 0.143. The van der Waals surface area contributed by atoms with E-state index < -0.39 is 0 Å². The molecule has 1 aliphatic carbocycles. The van der Waals surface area contributed by atoms with E-state index in [-0.39, 0.29) is 5.41 Å². The zero-order valence-corrected chi connectivity index (χ0v) is 30.3. The van der Waals surface area contributed by atoms with Gasteiger partial charge in [-0.25, -0.2) is 0 Å². The van der Waals surface area contributed by atoms with Crippen LogP contribution in [0.25, 0.3) is 49.7 Å². The third-order valence-electron chi connectivity index (χ3n) is 11.1. The fourth-order valence-electron chi connectivity index (χ4n) is 8.25. The van der Waals surface area contributed by atoms with Crippen LogP contribution in [0.4, 0.5) is 17.1 Å². The normalized spacial score (nSPS) is 13.1. The summed E-state index contributed by atoms with van der Waals surface area (Å²) in [5.41, 5.74) is 20.0. The summed E-state index contributed by atoms with van der Waals surface area (Å²) in [5.74, 6) is 0. The lowest BCUT2D eigenvalue weighted by molar-refractivity contribution is 0.661. The van der Waals surface area contributed by atoms with E-state index in [1.165, 1.54) is 83.1 Å². The van der Waals surface area contributed by atoms with Crippen molar-refractivity contribution in [3.63, 3.8) is 0 Å². The molecule has 8 aromatic rings. The molecule has 248 valence electrons. The smallest absolute Gasteiger partial charge is 0.0547 e. The molecule has 0 N–H and O–H groups in total. The van der Waals surface area contributed by atoms with Gasteiger partial charge >= 0.3 is 0 Å². The van der Waals surface area contributed by atoms with E-state index in [1.54, 1.807) is 0 Å². The van der Waals surface area contributed by atoms with Crippen molar-refractivity contribution < 1.29 is 0 Å². The highest BCUT2D eigenvalue weighted by Gasteiger charge is 2.37. The van der Waals surface area contributed by atoms with Crippen molar-refractivity contribution in [2.24, 2.45) is 0 Å². The monoisotopic (exact) mass is 658 g/mol. The second kappa shape index (κ2) is 11.6. The molecule has 2 heteroatoms. The van der Waals surface area contributed by atoms with Gasteiger partial charge in [-0.05, 0) is 139 Å². The van der Waals surface area contributed by atoms with Crippen molar-refractivity contribution >= 4 is 38.9 Å². The van der Waals surface area contributed by atoms with Gasteiger partial charge in [0, 0.05) is 38.9 Å². The van der Waals surface area contributed by atoms with Crippen molar-refractivity contribution in [2.45, 2.75) is 47.0 Å². The lowest BCUT2D eigenvalue weighted by Crippen LogP contribution is -2.15. The Morgan fingerprint density at radius 3 is 1.67 bits per heavy atom. The average molecular weight is 659 g/mol. The average Bonchev–Trinajstić information content (AvgIpc) is 3.57. The van der Waals surface area contributed by atoms with Crippen LogP contribution in [0.1, 0.15) is 47.2 Å². The Bertz CT molecular complexity index is 2570. The van der Waals surface area contributed by atoms with Gasteiger partial charge in [-0.1, -0.05) is 103 Å². The number of nitrogens with zero attached hydrogens (tertiary/aromatic N) is 2. The molecule has 1 aromatic heterocycles. The molecule has 0 atom stereocenters. The van der Waals surface area contributed by atoms with Crippen LogP contribution in [0.5, 0.6) is 0 Å². The van der Waals surface area contributed by atoms with E-state index in [0.29, 0.717) is 0 Å². The van der Waals surface area contributed by atoms with Gasteiger partial charge in [0.1, 0.15) is 0 Å². The minimum absolute atomic E-state index is 0.150. The van der Waals surface area contributed by atoms with E-state index in [9.17, 15) is 0 Å². The SMILES string of the molecule is Cc1ccc(N(c2ccc(C)cc2)c2ccc3c(c2)c2cc4c(cc2n3-c2ccc(C)cc2)-c2ccc(-c3ccccc3C)cc2C4(C)C)cc1. The lowest BCUT2D eigenvalue weighted by atomic mass is 9.81. The highest BCUT2D eigenvalue weighted by atomic mass is 15.1. The van der Waals surface area contributed by atoms with E-state index >= 15 is 0 Å². The van der Waals surface area contributed by atoms with Crippen molar-refractivity contribution in [1.82, 2.24) is 4.57 Å². The van der Waals surface area contributed by atoms with Crippen molar-refractivity contribution in [3.8, 4) is 27.9 Å². The number of hydrogen-bond acceptors (Lipinski definition) is 1. The van der Waals surface area contributed by atoms with Gasteiger partial charge in [-0.3, -0.25) is 0 Å². The first-order valence-corrected chi connectivity index (χ1v) is 18.0. The van der Waals surface area contributed by atoms with Gasteiger partial charge in [0.05, 0.1) is 11.0 Å². The first-order valence-electron chi connectivity index (χ1n) is 18.0. The first-order chi connectivity index (χ1) is 24.7. The molecule has 0 saturated carbocycles. The summed E-state index contributed by atoms with van der Waals surface area (Å²) in [6.07, 6.45) is 0. The lowest BCUT2D eigenvalue weighted by Gasteiger charge is -2.26. The van der Waals surface area contributed by atoms with Crippen LogP contribution < -0.4 is 4.90 Å². The minimum atomic E-state index is -0.150. The second-order valence-corrected chi connectivity index (χ2v) is 15.0. The maximum absolute atomic E-state index is 2.50.